The van der Waals surface area contributed by atoms with Crippen LogP contribution in [0.2, 0.25) is 0 Å². The molecule has 0 atom stereocenters. The van der Waals surface area contributed by atoms with Gasteiger partial charge in [0.25, 0.3) is 10.0 Å². The van der Waals surface area contributed by atoms with E-state index in [9.17, 15) is 8.42 Å². The minimum atomic E-state index is -3.37. The van der Waals surface area contributed by atoms with E-state index in [0.717, 1.165) is 4.88 Å². The van der Waals surface area contributed by atoms with Crippen LogP contribution >= 0.6 is 11.3 Å². The molecule has 8 heteroatoms. The molecule has 2 aromatic heterocycles. The maximum Gasteiger partial charge on any atom is 0.252 e. The highest BCUT2D eigenvalue weighted by atomic mass is 32.2. The lowest BCUT2D eigenvalue weighted by Crippen LogP contribution is -2.41. The monoisotopic (exact) mass is 339 g/mol. The number of hydrogen-bond donors (Lipinski definition) is 0. The van der Waals surface area contributed by atoms with Gasteiger partial charge in [-0.2, -0.15) is 9.40 Å². The van der Waals surface area contributed by atoms with Crippen LogP contribution in [0.4, 0.5) is 0 Å². The van der Waals surface area contributed by atoms with Crippen molar-refractivity contribution in [3.8, 4) is 5.88 Å². The minimum absolute atomic E-state index is 0.0202. The van der Waals surface area contributed by atoms with Gasteiger partial charge in [-0.15, -0.1) is 16.4 Å². The fraction of sp³-hybridized carbons (Fsp3) is 0.429. The van der Waals surface area contributed by atoms with Gasteiger partial charge in [0.05, 0.1) is 0 Å². The summed E-state index contributed by atoms with van der Waals surface area (Å²) in [6, 6.07) is 7.03. The fourth-order valence-electron chi connectivity index (χ4n) is 2.39. The van der Waals surface area contributed by atoms with Crippen LogP contribution in [0.25, 0.3) is 0 Å². The third-order valence-electron chi connectivity index (χ3n) is 3.55. The zero-order valence-corrected chi connectivity index (χ0v) is 13.8. The van der Waals surface area contributed by atoms with E-state index in [1.54, 1.807) is 24.4 Å². The second-order valence-corrected chi connectivity index (χ2v) is 8.60. The van der Waals surface area contributed by atoms with E-state index in [-0.39, 0.29) is 6.10 Å². The van der Waals surface area contributed by atoms with Gasteiger partial charge in [-0.3, -0.25) is 0 Å². The van der Waals surface area contributed by atoms with Crippen molar-refractivity contribution in [3.63, 3.8) is 0 Å². The average Bonchev–Trinajstić information content (AvgIpc) is 2.96. The molecule has 1 aliphatic rings. The van der Waals surface area contributed by atoms with E-state index in [1.165, 1.54) is 15.6 Å². The van der Waals surface area contributed by atoms with Crippen molar-refractivity contribution in [2.24, 2.45) is 0 Å². The molecule has 3 heterocycles. The van der Waals surface area contributed by atoms with Gasteiger partial charge in [0.2, 0.25) is 5.88 Å². The zero-order valence-electron chi connectivity index (χ0n) is 12.2. The normalized spacial score (nSPS) is 17.5. The van der Waals surface area contributed by atoms with Crippen LogP contribution in [0.3, 0.4) is 0 Å². The SMILES string of the molecule is Cc1ccc(S(=O)(=O)N2CCC(Oc3cccnn3)CC2)s1. The van der Waals surface area contributed by atoms with Gasteiger partial charge in [0.15, 0.2) is 0 Å². The van der Waals surface area contributed by atoms with E-state index >= 15 is 0 Å². The van der Waals surface area contributed by atoms with Gasteiger partial charge < -0.3 is 4.74 Å². The average molecular weight is 339 g/mol. The second-order valence-electron chi connectivity index (χ2n) is 5.15. The summed E-state index contributed by atoms with van der Waals surface area (Å²) in [6.45, 7) is 2.83. The topological polar surface area (TPSA) is 72.4 Å². The smallest absolute Gasteiger partial charge is 0.252 e. The first-order valence-corrected chi connectivity index (χ1v) is 9.32. The van der Waals surface area contributed by atoms with Crippen molar-refractivity contribution in [1.29, 1.82) is 0 Å². The number of ether oxygens (including phenoxy) is 1. The molecule has 0 spiro atoms. The summed E-state index contributed by atoms with van der Waals surface area (Å²) in [5.41, 5.74) is 0. The Bertz CT molecular complexity index is 723. The summed E-state index contributed by atoms with van der Waals surface area (Å²) < 4.78 is 32.8. The number of rotatable bonds is 4. The summed E-state index contributed by atoms with van der Waals surface area (Å²) in [4.78, 5) is 0.999. The predicted molar refractivity (Wildman–Crippen MR) is 83.5 cm³/mol. The van der Waals surface area contributed by atoms with Gasteiger partial charge in [-0.25, -0.2) is 8.42 Å². The minimum Gasteiger partial charge on any atom is -0.473 e. The second kappa shape index (κ2) is 6.31. The van der Waals surface area contributed by atoms with Crippen molar-refractivity contribution in [2.45, 2.75) is 30.1 Å². The summed E-state index contributed by atoms with van der Waals surface area (Å²) >= 11 is 1.31. The lowest BCUT2D eigenvalue weighted by atomic mass is 10.1. The van der Waals surface area contributed by atoms with E-state index in [0.29, 0.717) is 36.0 Å². The molecule has 0 aromatic carbocycles. The zero-order chi connectivity index (χ0) is 15.6. The third-order valence-corrected chi connectivity index (χ3v) is 6.91. The molecule has 0 aliphatic carbocycles. The van der Waals surface area contributed by atoms with Gasteiger partial charge in [0.1, 0.15) is 10.3 Å². The van der Waals surface area contributed by atoms with Crippen LogP contribution in [-0.2, 0) is 10.0 Å². The highest BCUT2D eigenvalue weighted by molar-refractivity contribution is 7.91. The van der Waals surface area contributed by atoms with Gasteiger partial charge >= 0.3 is 0 Å². The number of aryl methyl sites for hydroxylation is 1. The fourth-order valence-corrected chi connectivity index (χ4v) is 5.30. The first-order valence-electron chi connectivity index (χ1n) is 7.06. The van der Waals surface area contributed by atoms with E-state index < -0.39 is 10.0 Å². The Morgan fingerprint density at radius 1 is 1.27 bits per heavy atom. The maximum atomic E-state index is 12.5. The van der Waals surface area contributed by atoms with Crippen LogP contribution in [0, 0.1) is 6.92 Å². The standard InChI is InChI=1S/C14H17N3O3S2/c1-11-4-5-14(21-11)22(18,19)17-9-6-12(7-10-17)20-13-3-2-8-15-16-13/h2-5,8,12H,6-7,9-10H2,1H3. The maximum absolute atomic E-state index is 12.5. The van der Waals surface area contributed by atoms with Crippen LogP contribution in [0.15, 0.2) is 34.7 Å². The van der Waals surface area contributed by atoms with Crippen molar-refractivity contribution in [1.82, 2.24) is 14.5 Å². The molecule has 118 valence electrons. The Hall–Kier alpha value is -1.51. The van der Waals surface area contributed by atoms with Crippen molar-refractivity contribution < 1.29 is 13.2 Å². The molecule has 6 nitrogen and oxygen atoms in total. The van der Waals surface area contributed by atoms with Crippen molar-refractivity contribution in [2.75, 3.05) is 13.1 Å². The first kappa shape index (κ1) is 15.4. The van der Waals surface area contributed by atoms with E-state index in [2.05, 4.69) is 10.2 Å². The molecule has 0 saturated carbocycles. The molecule has 1 saturated heterocycles. The van der Waals surface area contributed by atoms with Crippen LogP contribution in [0.1, 0.15) is 17.7 Å². The number of sulfonamides is 1. The van der Waals surface area contributed by atoms with Crippen molar-refractivity contribution in [3.05, 3.63) is 35.3 Å². The highest BCUT2D eigenvalue weighted by Gasteiger charge is 2.31. The third kappa shape index (κ3) is 3.29. The molecule has 22 heavy (non-hydrogen) atoms. The molecular weight excluding hydrogens is 322 g/mol. The molecule has 1 fully saturated rings. The van der Waals surface area contributed by atoms with Crippen LogP contribution in [0.5, 0.6) is 5.88 Å². The molecular formula is C14H17N3O3S2. The number of piperidine rings is 1. The van der Waals surface area contributed by atoms with Crippen molar-refractivity contribution >= 4 is 21.4 Å². The van der Waals surface area contributed by atoms with E-state index in [4.69, 9.17) is 4.74 Å². The summed E-state index contributed by atoms with van der Waals surface area (Å²) in [5.74, 6) is 0.484. The molecule has 0 bridgehead atoms. The lowest BCUT2D eigenvalue weighted by Gasteiger charge is -2.30. The Morgan fingerprint density at radius 3 is 2.64 bits per heavy atom. The van der Waals surface area contributed by atoms with Crippen LogP contribution < -0.4 is 4.74 Å². The molecule has 0 N–H and O–H groups in total. The molecule has 1 aliphatic heterocycles. The van der Waals surface area contributed by atoms with Gasteiger partial charge in [0, 0.05) is 30.2 Å². The van der Waals surface area contributed by atoms with E-state index in [1.807, 2.05) is 13.0 Å². The summed E-state index contributed by atoms with van der Waals surface area (Å²) in [7, 11) is -3.37. The first-order chi connectivity index (χ1) is 10.6. The van der Waals surface area contributed by atoms with Crippen LogP contribution in [-0.4, -0.2) is 42.1 Å². The molecule has 0 radical (unpaired) electrons. The summed E-state index contributed by atoms with van der Waals surface area (Å²) in [6.07, 6.45) is 2.87. The molecule has 2 aromatic rings. The Morgan fingerprint density at radius 2 is 2.05 bits per heavy atom. The van der Waals surface area contributed by atoms with Gasteiger partial charge in [-0.1, -0.05) is 0 Å². The number of thiophene rings is 1. The quantitative estimate of drug-likeness (QED) is 0.853. The Balaban J connectivity index is 1.62. The number of nitrogens with zero attached hydrogens (tertiary/aromatic N) is 3. The number of aromatic nitrogens is 2. The largest absolute Gasteiger partial charge is 0.473 e. The predicted octanol–water partition coefficient (Wildman–Crippen LogP) is 2.08. The molecule has 0 unspecified atom stereocenters. The Labute approximate surface area is 133 Å². The molecule has 0 amide bonds. The Kier molecular flexibility index (Phi) is 4.42. The highest BCUT2D eigenvalue weighted by Crippen LogP contribution is 2.27. The summed E-state index contributed by atoms with van der Waals surface area (Å²) in [5, 5.41) is 7.65. The number of hydrogen-bond acceptors (Lipinski definition) is 6. The molecule has 3 rings (SSSR count). The lowest BCUT2D eigenvalue weighted by molar-refractivity contribution is 0.128. The van der Waals surface area contributed by atoms with Gasteiger partial charge in [-0.05, 0) is 38.0 Å².